The van der Waals surface area contributed by atoms with E-state index in [1.807, 2.05) is 0 Å². The molecule has 0 aliphatic carbocycles. The second-order valence-electron chi connectivity index (χ2n) is 2.20. The van der Waals surface area contributed by atoms with Crippen LogP contribution in [-0.4, -0.2) is 13.3 Å². The van der Waals surface area contributed by atoms with Gasteiger partial charge in [0.05, 0.1) is 16.3 Å². The number of nitrogens with zero attached hydrogens (tertiary/aromatic N) is 1. The molecule has 1 aromatic rings. The van der Waals surface area contributed by atoms with Gasteiger partial charge in [0.15, 0.2) is 0 Å². The molecule has 0 fully saturated rings. The van der Waals surface area contributed by atoms with Gasteiger partial charge in [0.25, 0.3) is 0 Å². The van der Waals surface area contributed by atoms with Gasteiger partial charge in [-0.3, -0.25) is 0 Å². The van der Waals surface area contributed by atoms with E-state index in [2.05, 4.69) is 25.9 Å². The molecule has 70 valence electrons. The van der Waals surface area contributed by atoms with Crippen LogP contribution in [0.5, 0.6) is 0 Å². The van der Waals surface area contributed by atoms with Gasteiger partial charge in [-0.15, -0.1) is 0 Å². The van der Waals surface area contributed by atoms with Gasteiger partial charge >= 0.3 is 0 Å². The summed E-state index contributed by atoms with van der Waals surface area (Å²) in [6.07, 6.45) is 1.55. The second-order valence-corrected chi connectivity index (χ2v) is 3.87. The Morgan fingerprint density at radius 3 is 2.62 bits per heavy atom. The van der Waals surface area contributed by atoms with Crippen LogP contribution >= 0.6 is 39.1 Å². The quantitative estimate of drug-likeness (QED) is 0.460. The fraction of sp³-hybridized carbons (Fsp3) is 0.125. The lowest BCUT2D eigenvalue weighted by atomic mass is 10.2. The van der Waals surface area contributed by atoms with Crippen LogP contribution in [0.15, 0.2) is 21.8 Å². The molecule has 1 aromatic carbocycles. The minimum atomic E-state index is 0.488. The molecule has 0 aliphatic rings. The Balaban J connectivity index is 3.08. The molecule has 13 heavy (non-hydrogen) atoms. The summed E-state index contributed by atoms with van der Waals surface area (Å²) >= 11 is 14.9. The van der Waals surface area contributed by atoms with Crippen molar-refractivity contribution in [2.45, 2.75) is 0 Å². The standard InChI is InChI=1S/C8H6BrCl2NO/c1-13-12-4-5-2-7(10)8(11)3-6(5)9/h2-4H,1H3/b12-4+. The molecule has 0 N–H and O–H groups in total. The Morgan fingerprint density at radius 1 is 1.38 bits per heavy atom. The van der Waals surface area contributed by atoms with Crippen molar-refractivity contribution in [3.8, 4) is 0 Å². The normalized spacial score (nSPS) is 10.8. The molecule has 2 nitrogen and oxygen atoms in total. The van der Waals surface area contributed by atoms with Crippen LogP contribution in [0, 0.1) is 0 Å². The first-order valence-corrected chi connectivity index (χ1v) is 4.91. The van der Waals surface area contributed by atoms with Crippen LogP contribution in [0.25, 0.3) is 0 Å². The maximum absolute atomic E-state index is 5.81. The minimum absolute atomic E-state index is 0.488. The molecular formula is C8H6BrCl2NO. The smallest absolute Gasteiger partial charge is 0.106 e. The zero-order chi connectivity index (χ0) is 9.84. The maximum Gasteiger partial charge on any atom is 0.106 e. The molecule has 0 atom stereocenters. The molecule has 0 amide bonds. The van der Waals surface area contributed by atoms with Crippen LogP contribution < -0.4 is 0 Å². The van der Waals surface area contributed by atoms with E-state index in [-0.39, 0.29) is 0 Å². The van der Waals surface area contributed by atoms with Gasteiger partial charge in [0.1, 0.15) is 7.11 Å². The number of benzene rings is 1. The molecule has 0 heterocycles. The van der Waals surface area contributed by atoms with Gasteiger partial charge in [0, 0.05) is 10.0 Å². The van der Waals surface area contributed by atoms with Gasteiger partial charge in [-0.05, 0) is 12.1 Å². The molecule has 0 unspecified atom stereocenters. The summed E-state index contributed by atoms with van der Waals surface area (Å²) in [6.45, 7) is 0. The average Bonchev–Trinajstić information content (AvgIpc) is 2.09. The SMILES string of the molecule is CO/N=C/c1cc(Cl)c(Cl)cc1Br. The summed E-state index contributed by atoms with van der Waals surface area (Å²) in [5.41, 5.74) is 0.816. The van der Waals surface area contributed by atoms with Crippen molar-refractivity contribution in [3.05, 3.63) is 32.2 Å². The predicted molar refractivity (Wildman–Crippen MR) is 58.8 cm³/mol. The van der Waals surface area contributed by atoms with E-state index in [4.69, 9.17) is 23.2 Å². The Labute approximate surface area is 94.6 Å². The van der Waals surface area contributed by atoms with Crippen LogP contribution in [0.4, 0.5) is 0 Å². The Bertz CT molecular complexity index is 341. The fourth-order valence-corrected chi connectivity index (χ4v) is 1.66. The number of hydrogen-bond donors (Lipinski definition) is 0. The van der Waals surface area contributed by atoms with E-state index < -0.39 is 0 Å². The average molecular weight is 283 g/mol. The van der Waals surface area contributed by atoms with Crippen LogP contribution in [0.3, 0.4) is 0 Å². The lowest BCUT2D eigenvalue weighted by Crippen LogP contribution is -1.85. The molecule has 0 spiro atoms. The zero-order valence-electron chi connectivity index (χ0n) is 6.72. The minimum Gasteiger partial charge on any atom is -0.399 e. The van der Waals surface area contributed by atoms with E-state index in [1.54, 1.807) is 18.3 Å². The van der Waals surface area contributed by atoms with E-state index in [0.29, 0.717) is 10.0 Å². The number of rotatable bonds is 2. The van der Waals surface area contributed by atoms with Crippen molar-refractivity contribution in [2.24, 2.45) is 5.16 Å². The predicted octanol–water partition coefficient (Wildman–Crippen LogP) is 3.74. The van der Waals surface area contributed by atoms with Gasteiger partial charge < -0.3 is 4.84 Å². The Hall–Kier alpha value is -0.250. The number of oxime groups is 1. The highest BCUT2D eigenvalue weighted by Crippen LogP contribution is 2.28. The second kappa shape index (κ2) is 4.84. The first-order chi connectivity index (χ1) is 6.15. The summed E-state index contributed by atoms with van der Waals surface area (Å²) < 4.78 is 0.822. The number of hydrogen-bond acceptors (Lipinski definition) is 2. The van der Waals surface area contributed by atoms with Crippen molar-refractivity contribution in [2.75, 3.05) is 7.11 Å². The highest BCUT2D eigenvalue weighted by molar-refractivity contribution is 9.10. The van der Waals surface area contributed by atoms with E-state index in [0.717, 1.165) is 10.0 Å². The van der Waals surface area contributed by atoms with Gasteiger partial charge in [0.2, 0.25) is 0 Å². The molecule has 5 heteroatoms. The van der Waals surface area contributed by atoms with Crippen molar-refractivity contribution < 1.29 is 4.84 Å². The molecule has 1 rings (SSSR count). The third-order valence-electron chi connectivity index (χ3n) is 1.34. The topological polar surface area (TPSA) is 21.6 Å². The van der Waals surface area contributed by atoms with Gasteiger partial charge in [-0.2, -0.15) is 0 Å². The molecule has 0 saturated heterocycles. The monoisotopic (exact) mass is 281 g/mol. The van der Waals surface area contributed by atoms with E-state index in [9.17, 15) is 0 Å². The molecular weight excluding hydrogens is 277 g/mol. The highest BCUT2D eigenvalue weighted by atomic mass is 79.9. The molecule has 0 aliphatic heterocycles. The van der Waals surface area contributed by atoms with Gasteiger partial charge in [-0.25, -0.2) is 0 Å². The third-order valence-corrected chi connectivity index (χ3v) is 2.75. The zero-order valence-corrected chi connectivity index (χ0v) is 9.82. The van der Waals surface area contributed by atoms with Crippen molar-refractivity contribution in [3.63, 3.8) is 0 Å². The maximum atomic E-state index is 5.81. The lowest BCUT2D eigenvalue weighted by molar-refractivity contribution is 0.215. The largest absolute Gasteiger partial charge is 0.399 e. The lowest BCUT2D eigenvalue weighted by Gasteiger charge is -2.00. The summed E-state index contributed by atoms with van der Waals surface area (Å²) in [5, 5.41) is 4.61. The third kappa shape index (κ3) is 2.86. The van der Waals surface area contributed by atoms with E-state index in [1.165, 1.54) is 7.11 Å². The number of halogens is 3. The Morgan fingerprint density at radius 2 is 2.00 bits per heavy atom. The first kappa shape index (κ1) is 10.8. The summed E-state index contributed by atoms with van der Waals surface area (Å²) in [7, 11) is 1.47. The molecule has 0 saturated carbocycles. The van der Waals surface area contributed by atoms with Crippen LogP contribution in [0.1, 0.15) is 5.56 Å². The van der Waals surface area contributed by atoms with Crippen LogP contribution in [0.2, 0.25) is 10.0 Å². The van der Waals surface area contributed by atoms with Crippen molar-refractivity contribution in [1.29, 1.82) is 0 Å². The van der Waals surface area contributed by atoms with Crippen LogP contribution in [-0.2, 0) is 4.84 Å². The molecule has 0 bridgehead atoms. The summed E-state index contributed by atoms with van der Waals surface area (Å²) in [6, 6.07) is 3.41. The molecule has 0 aromatic heterocycles. The fourth-order valence-electron chi connectivity index (χ4n) is 0.746. The van der Waals surface area contributed by atoms with E-state index >= 15 is 0 Å². The highest BCUT2D eigenvalue weighted by Gasteiger charge is 2.03. The summed E-state index contributed by atoms with van der Waals surface area (Å²) in [4.78, 5) is 4.54. The van der Waals surface area contributed by atoms with Crippen molar-refractivity contribution >= 4 is 45.3 Å². The molecule has 0 radical (unpaired) electrons. The Kier molecular flexibility index (Phi) is 4.03. The van der Waals surface area contributed by atoms with Gasteiger partial charge in [-0.1, -0.05) is 44.3 Å². The first-order valence-electron chi connectivity index (χ1n) is 3.36. The summed E-state index contributed by atoms with van der Waals surface area (Å²) in [5.74, 6) is 0. The van der Waals surface area contributed by atoms with Crippen molar-refractivity contribution in [1.82, 2.24) is 0 Å².